The first-order chi connectivity index (χ1) is 8.83. The second-order valence-electron chi connectivity index (χ2n) is 4.32. The average molecular weight is 274 g/mol. The topological polar surface area (TPSA) is 17.1 Å². The SMILES string of the molecule is O=S1CCCS/C1=C/c1ccc2ccccc2c1. The zero-order valence-corrected chi connectivity index (χ0v) is 11.6. The fourth-order valence-corrected chi connectivity index (χ4v) is 4.86. The zero-order valence-electron chi connectivity index (χ0n) is 9.96. The van der Waals surface area contributed by atoms with Crippen molar-refractivity contribution in [3.8, 4) is 0 Å². The van der Waals surface area contributed by atoms with E-state index in [0.29, 0.717) is 0 Å². The molecule has 1 atom stereocenters. The number of thioether (sulfide) groups is 1. The van der Waals surface area contributed by atoms with Gasteiger partial charge in [0.2, 0.25) is 0 Å². The minimum absolute atomic E-state index is 0.788. The summed E-state index contributed by atoms with van der Waals surface area (Å²) in [6, 6.07) is 14.7. The van der Waals surface area contributed by atoms with Gasteiger partial charge in [0, 0.05) is 5.75 Å². The van der Waals surface area contributed by atoms with Crippen LogP contribution in [-0.4, -0.2) is 15.7 Å². The van der Waals surface area contributed by atoms with Crippen molar-refractivity contribution in [1.82, 2.24) is 0 Å². The smallest absolute Gasteiger partial charge is 0.0722 e. The Bertz CT molecular complexity index is 631. The predicted octanol–water partition coefficient (Wildman–Crippen LogP) is 4.02. The van der Waals surface area contributed by atoms with E-state index < -0.39 is 10.8 Å². The lowest BCUT2D eigenvalue weighted by molar-refractivity contribution is 0.686. The van der Waals surface area contributed by atoms with Gasteiger partial charge in [0.05, 0.1) is 15.0 Å². The highest BCUT2D eigenvalue weighted by atomic mass is 32.2. The van der Waals surface area contributed by atoms with Crippen LogP contribution in [0.2, 0.25) is 0 Å². The molecule has 0 amide bonds. The largest absolute Gasteiger partial charge is 0.254 e. The molecule has 1 aliphatic rings. The first-order valence-corrected chi connectivity index (χ1v) is 8.35. The van der Waals surface area contributed by atoms with Crippen molar-refractivity contribution in [3.05, 3.63) is 52.3 Å². The summed E-state index contributed by atoms with van der Waals surface area (Å²) in [5, 5.41) is 2.48. The summed E-state index contributed by atoms with van der Waals surface area (Å²) in [4.78, 5) is 0. The van der Waals surface area contributed by atoms with Gasteiger partial charge in [-0.1, -0.05) is 36.4 Å². The van der Waals surface area contributed by atoms with E-state index >= 15 is 0 Å². The van der Waals surface area contributed by atoms with Crippen LogP contribution < -0.4 is 0 Å². The maximum Gasteiger partial charge on any atom is 0.0722 e. The van der Waals surface area contributed by atoms with Crippen molar-refractivity contribution >= 4 is 39.4 Å². The third-order valence-electron chi connectivity index (χ3n) is 3.00. The van der Waals surface area contributed by atoms with E-state index in [-0.39, 0.29) is 0 Å². The Balaban J connectivity index is 1.99. The van der Waals surface area contributed by atoms with Crippen molar-refractivity contribution in [1.29, 1.82) is 0 Å². The predicted molar refractivity (Wildman–Crippen MR) is 82.0 cm³/mol. The highest BCUT2D eigenvalue weighted by Crippen LogP contribution is 2.29. The van der Waals surface area contributed by atoms with Crippen LogP contribution in [-0.2, 0) is 10.8 Å². The minimum Gasteiger partial charge on any atom is -0.254 e. The summed E-state index contributed by atoms with van der Waals surface area (Å²) < 4.78 is 12.9. The van der Waals surface area contributed by atoms with Crippen molar-refractivity contribution in [3.63, 3.8) is 0 Å². The number of benzene rings is 2. The molecule has 2 aromatic rings. The maximum absolute atomic E-state index is 11.9. The van der Waals surface area contributed by atoms with E-state index in [1.807, 2.05) is 12.1 Å². The lowest BCUT2D eigenvalue weighted by Gasteiger charge is -2.12. The molecule has 0 aromatic heterocycles. The molecule has 3 rings (SSSR count). The van der Waals surface area contributed by atoms with Crippen LogP contribution in [0.25, 0.3) is 16.8 Å². The van der Waals surface area contributed by atoms with E-state index in [9.17, 15) is 4.21 Å². The summed E-state index contributed by atoms with van der Waals surface area (Å²) in [5.41, 5.74) is 1.14. The molecule has 0 radical (unpaired) electrons. The second-order valence-corrected chi connectivity index (χ2v) is 7.26. The summed E-state index contributed by atoms with van der Waals surface area (Å²) in [7, 11) is -0.788. The van der Waals surface area contributed by atoms with Crippen molar-refractivity contribution in [2.45, 2.75) is 6.42 Å². The third kappa shape index (κ3) is 2.52. The van der Waals surface area contributed by atoms with Gasteiger partial charge in [0.15, 0.2) is 0 Å². The Morgan fingerprint density at radius 2 is 1.94 bits per heavy atom. The lowest BCUT2D eigenvalue weighted by atomic mass is 10.1. The fourth-order valence-electron chi connectivity index (χ4n) is 2.07. The maximum atomic E-state index is 11.9. The molecule has 3 heteroatoms. The molecule has 0 spiro atoms. The van der Waals surface area contributed by atoms with E-state index in [4.69, 9.17) is 0 Å². The molecule has 0 aliphatic carbocycles. The fraction of sp³-hybridized carbons (Fsp3) is 0.200. The molecule has 1 fully saturated rings. The summed E-state index contributed by atoms with van der Waals surface area (Å²) in [6.45, 7) is 0. The first kappa shape index (κ1) is 12.0. The lowest BCUT2D eigenvalue weighted by Crippen LogP contribution is -2.06. The third-order valence-corrected chi connectivity index (χ3v) is 6.03. The molecular weight excluding hydrogens is 260 g/mol. The van der Waals surface area contributed by atoms with Gasteiger partial charge >= 0.3 is 0 Å². The highest BCUT2D eigenvalue weighted by Gasteiger charge is 2.13. The van der Waals surface area contributed by atoms with E-state index in [2.05, 4.69) is 36.4 Å². The van der Waals surface area contributed by atoms with Crippen molar-refractivity contribution in [2.24, 2.45) is 0 Å². The van der Waals surface area contributed by atoms with Crippen LogP contribution in [0.4, 0.5) is 0 Å². The Labute approximate surface area is 114 Å². The Hall–Kier alpha value is -1.06. The molecule has 0 saturated carbocycles. The van der Waals surface area contributed by atoms with Crippen molar-refractivity contribution < 1.29 is 4.21 Å². The summed E-state index contributed by atoms with van der Waals surface area (Å²) in [5.74, 6) is 1.90. The van der Waals surface area contributed by atoms with E-state index in [0.717, 1.165) is 27.7 Å². The van der Waals surface area contributed by atoms with Gasteiger partial charge < -0.3 is 0 Å². The molecule has 1 heterocycles. The second kappa shape index (κ2) is 5.29. The van der Waals surface area contributed by atoms with Crippen LogP contribution in [0.5, 0.6) is 0 Å². The standard InChI is InChI=1S/C15H14OS2/c16-18-9-3-8-17-15(18)11-12-6-7-13-4-1-2-5-14(13)10-12/h1-2,4-7,10-11H,3,8-9H2/b15-11-. The Kier molecular flexibility index (Phi) is 3.52. The monoisotopic (exact) mass is 274 g/mol. The van der Waals surface area contributed by atoms with Crippen LogP contribution in [0.3, 0.4) is 0 Å². The van der Waals surface area contributed by atoms with Gasteiger partial charge in [0.25, 0.3) is 0 Å². The van der Waals surface area contributed by atoms with Gasteiger partial charge in [-0.05, 0) is 40.7 Å². The van der Waals surface area contributed by atoms with Crippen LogP contribution >= 0.6 is 11.8 Å². The normalized spacial score (nSPS) is 22.4. The molecule has 0 N–H and O–H groups in total. The van der Waals surface area contributed by atoms with Crippen LogP contribution in [0.15, 0.2) is 46.7 Å². The molecule has 1 saturated heterocycles. The summed E-state index contributed by atoms with van der Waals surface area (Å²) >= 11 is 1.73. The highest BCUT2D eigenvalue weighted by molar-refractivity contribution is 8.17. The molecular formula is C15H14OS2. The minimum atomic E-state index is -0.788. The molecule has 1 unspecified atom stereocenters. The first-order valence-electron chi connectivity index (χ1n) is 6.04. The zero-order chi connectivity index (χ0) is 12.4. The van der Waals surface area contributed by atoms with Gasteiger partial charge in [-0.2, -0.15) is 0 Å². The number of hydrogen-bond acceptors (Lipinski definition) is 2. The van der Waals surface area contributed by atoms with E-state index in [1.165, 1.54) is 10.8 Å². The average Bonchev–Trinajstić information content (AvgIpc) is 2.41. The molecule has 1 nitrogen and oxygen atoms in total. The van der Waals surface area contributed by atoms with Gasteiger partial charge in [0.1, 0.15) is 0 Å². The molecule has 92 valence electrons. The quantitative estimate of drug-likeness (QED) is 0.781. The van der Waals surface area contributed by atoms with Gasteiger partial charge in [-0.3, -0.25) is 4.21 Å². The Morgan fingerprint density at radius 3 is 2.78 bits per heavy atom. The molecule has 2 aromatic carbocycles. The van der Waals surface area contributed by atoms with E-state index in [1.54, 1.807) is 11.8 Å². The molecule has 1 aliphatic heterocycles. The van der Waals surface area contributed by atoms with Gasteiger partial charge in [-0.15, -0.1) is 11.8 Å². The van der Waals surface area contributed by atoms with Crippen LogP contribution in [0.1, 0.15) is 12.0 Å². The molecule has 18 heavy (non-hydrogen) atoms. The molecule has 0 bridgehead atoms. The Morgan fingerprint density at radius 1 is 1.11 bits per heavy atom. The van der Waals surface area contributed by atoms with Crippen LogP contribution in [0, 0.1) is 0 Å². The summed E-state index contributed by atoms with van der Waals surface area (Å²) in [6.07, 6.45) is 3.14. The van der Waals surface area contributed by atoms with Crippen molar-refractivity contribution in [2.75, 3.05) is 11.5 Å². The van der Waals surface area contributed by atoms with Gasteiger partial charge in [-0.25, -0.2) is 0 Å². The number of hydrogen-bond donors (Lipinski definition) is 0. The number of rotatable bonds is 1. The number of fused-ring (bicyclic) bond motifs is 1.